The monoisotopic (exact) mass is 475 g/mol. The molecule has 0 unspecified atom stereocenters. The molecule has 0 saturated carbocycles. The zero-order valence-corrected chi connectivity index (χ0v) is 18.7. The van der Waals surface area contributed by atoms with Gasteiger partial charge in [-0.25, -0.2) is 0 Å². The van der Waals surface area contributed by atoms with Crippen LogP contribution in [0.4, 0.5) is 0 Å². The molecule has 0 aliphatic carbocycles. The number of guanidine groups is 1. The normalized spacial score (nSPS) is 15.7. The molecule has 1 saturated heterocycles. The van der Waals surface area contributed by atoms with Gasteiger partial charge in [-0.05, 0) is 38.2 Å². The van der Waals surface area contributed by atoms with Crippen molar-refractivity contribution in [1.82, 2.24) is 10.2 Å². The number of hydrogen-bond acceptors (Lipinski definition) is 3. The minimum absolute atomic E-state index is 0. The molecular formula is C20H34IN3O2. The van der Waals surface area contributed by atoms with E-state index >= 15 is 0 Å². The van der Waals surface area contributed by atoms with E-state index in [9.17, 15) is 0 Å². The SMILES string of the molecule is CN=C(NCCc1ccc(C)cc1)N1CCC(OCCCOC)CC1.I. The van der Waals surface area contributed by atoms with Crippen LogP contribution in [-0.4, -0.2) is 64.0 Å². The summed E-state index contributed by atoms with van der Waals surface area (Å²) in [6.45, 7) is 6.59. The Labute approximate surface area is 175 Å². The van der Waals surface area contributed by atoms with Gasteiger partial charge in [-0.1, -0.05) is 29.8 Å². The average Bonchev–Trinajstić information content (AvgIpc) is 2.65. The van der Waals surface area contributed by atoms with Gasteiger partial charge < -0.3 is 19.7 Å². The van der Waals surface area contributed by atoms with E-state index in [0.29, 0.717) is 6.10 Å². The van der Waals surface area contributed by atoms with Gasteiger partial charge in [0.05, 0.1) is 6.10 Å². The smallest absolute Gasteiger partial charge is 0.193 e. The zero-order valence-electron chi connectivity index (χ0n) is 16.4. The van der Waals surface area contributed by atoms with E-state index in [4.69, 9.17) is 9.47 Å². The van der Waals surface area contributed by atoms with Gasteiger partial charge in [0.1, 0.15) is 0 Å². The highest BCUT2D eigenvalue weighted by atomic mass is 127. The van der Waals surface area contributed by atoms with Gasteiger partial charge in [0.25, 0.3) is 0 Å². The van der Waals surface area contributed by atoms with Crippen LogP contribution in [0.15, 0.2) is 29.3 Å². The van der Waals surface area contributed by atoms with E-state index in [1.165, 1.54) is 11.1 Å². The number of nitrogens with zero attached hydrogens (tertiary/aromatic N) is 2. The van der Waals surface area contributed by atoms with Crippen LogP contribution in [0.2, 0.25) is 0 Å². The van der Waals surface area contributed by atoms with E-state index < -0.39 is 0 Å². The number of methoxy groups -OCH3 is 1. The Morgan fingerprint density at radius 3 is 2.50 bits per heavy atom. The summed E-state index contributed by atoms with van der Waals surface area (Å²) in [6, 6.07) is 8.74. The minimum atomic E-state index is 0. The number of aliphatic imine (C=N–C) groups is 1. The van der Waals surface area contributed by atoms with E-state index in [-0.39, 0.29) is 24.0 Å². The second-order valence-electron chi connectivity index (χ2n) is 6.61. The van der Waals surface area contributed by atoms with Crippen molar-refractivity contribution in [2.24, 2.45) is 4.99 Å². The van der Waals surface area contributed by atoms with Crippen LogP contribution in [0.25, 0.3) is 0 Å². The van der Waals surface area contributed by atoms with Gasteiger partial charge in [-0.3, -0.25) is 4.99 Å². The number of benzene rings is 1. The highest BCUT2D eigenvalue weighted by molar-refractivity contribution is 14.0. The number of halogens is 1. The number of aryl methyl sites for hydroxylation is 1. The van der Waals surface area contributed by atoms with Crippen LogP contribution in [0, 0.1) is 6.92 Å². The molecule has 148 valence electrons. The van der Waals surface area contributed by atoms with Crippen LogP contribution in [0.3, 0.4) is 0 Å². The van der Waals surface area contributed by atoms with Gasteiger partial charge in [0, 0.05) is 47.0 Å². The molecule has 6 heteroatoms. The Morgan fingerprint density at radius 2 is 1.88 bits per heavy atom. The molecule has 1 aliphatic rings. The third-order valence-electron chi connectivity index (χ3n) is 4.62. The molecule has 0 amide bonds. The van der Waals surface area contributed by atoms with E-state index in [0.717, 1.165) is 64.5 Å². The first-order valence-electron chi connectivity index (χ1n) is 9.34. The molecule has 26 heavy (non-hydrogen) atoms. The number of likely N-dealkylation sites (tertiary alicyclic amines) is 1. The Balaban J connectivity index is 0.00000338. The van der Waals surface area contributed by atoms with Crippen LogP contribution in [-0.2, 0) is 15.9 Å². The molecule has 1 aromatic carbocycles. The Kier molecular flexibility index (Phi) is 11.9. The lowest BCUT2D eigenvalue weighted by atomic mass is 10.1. The van der Waals surface area contributed by atoms with Gasteiger partial charge in [0.15, 0.2) is 5.96 Å². The van der Waals surface area contributed by atoms with Crippen LogP contribution < -0.4 is 5.32 Å². The summed E-state index contributed by atoms with van der Waals surface area (Å²) in [5.41, 5.74) is 2.66. The Bertz CT molecular complexity index is 514. The maximum absolute atomic E-state index is 5.93. The Hall–Kier alpha value is -0.860. The summed E-state index contributed by atoms with van der Waals surface area (Å²) >= 11 is 0. The number of rotatable bonds is 8. The lowest BCUT2D eigenvalue weighted by molar-refractivity contribution is 0.00992. The van der Waals surface area contributed by atoms with Crippen molar-refractivity contribution in [3.05, 3.63) is 35.4 Å². The Morgan fingerprint density at radius 1 is 1.19 bits per heavy atom. The molecule has 0 aromatic heterocycles. The maximum atomic E-state index is 5.93. The summed E-state index contributed by atoms with van der Waals surface area (Å²) in [6.07, 6.45) is 4.48. The lowest BCUT2D eigenvalue weighted by Crippen LogP contribution is -2.47. The van der Waals surface area contributed by atoms with Gasteiger partial charge in [-0.15, -0.1) is 24.0 Å². The summed E-state index contributed by atoms with van der Waals surface area (Å²) in [4.78, 5) is 6.78. The summed E-state index contributed by atoms with van der Waals surface area (Å²) in [7, 11) is 3.59. The molecule has 1 fully saturated rings. The van der Waals surface area contributed by atoms with Crippen molar-refractivity contribution in [3.63, 3.8) is 0 Å². The fourth-order valence-corrected chi connectivity index (χ4v) is 3.09. The largest absolute Gasteiger partial charge is 0.385 e. The first kappa shape index (κ1) is 23.2. The summed E-state index contributed by atoms with van der Waals surface area (Å²) < 4.78 is 11.0. The zero-order chi connectivity index (χ0) is 17.9. The fourth-order valence-electron chi connectivity index (χ4n) is 3.09. The highest BCUT2D eigenvalue weighted by Gasteiger charge is 2.21. The summed E-state index contributed by atoms with van der Waals surface area (Å²) in [5.74, 6) is 1.00. The molecule has 2 rings (SSSR count). The maximum Gasteiger partial charge on any atom is 0.193 e. The molecular weight excluding hydrogens is 441 g/mol. The molecule has 1 heterocycles. The molecule has 0 bridgehead atoms. The first-order valence-corrected chi connectivity index (χ1v) is 9.34. The first-order chi connectivity index (χ1) is 12.2. The lowest BCUT2D eigenvalue weighted by Gasteiger charge is -2.34. The number of nitrogens with one attached hydrogen (secondary N) is 1. The predicted molar refractivity (Wildman–Crippen MR) is 119 cm³/mol. The van der Waals surface area contributed by atoms with Crippen LogP contribution in [0.1, 0.15) is 30.4 Å². The van der Waals surface area contributed by atoms with Crippen molar-refractivity contribution in [2.45, 2.75) is 38.7 Å². The number of hydrogen-bond donors (Lipinski definition) is 1. The minimum Gasteiger partial charge on any atom is -0.385 e. The molecule has 0 spiro atoms. The van der Waals surface area contributed by atoms with E-state index in [1.54, 1.807) is 7.11 Å². The second kappa shape index (κ2) is 13.3. The number of piperidine rings is 1. The second-order valence-corrected chi connectivity index (χ2v) is 6.61. The van der Waals surface area contributed by atoms with Crippen LogP contribution in [0.5, 0.6) is 0 Å². The predicted octanol–water partition coefficient (Wildman–Crippen LogP) is 3.25. The summed E-state index contributed by atoms with van der Waals surface area (Å²) in [5, 5.41) is 3.50. The third-order valence-corrected chi connectivity index (χ3v) is 4.62. The third kappa shape index (κ3) is 8.22. The van der Waals surface area contributed by atoms with Crippen molar-refractivity contribution >= 4 is 29.9 Å². The molecule has 1 N–H and O–H groups in total. The average molecular weight is 475 g/mol. The van der Waals surface area contributed by atoms with Gasteiger partial charge in [0.2, 0.25) is 0 Å². The van der Waals surface area contributed by atoms with Crippen molar-refractivity contribution in [2.75, 3.05) is 47.0 Å². The van der Waals surface area contributed by atoms with E-state index in [1.807, 2.05) is 7.05 Å². The molecule has 0 radical (unpaired) electrons. The van der Waals surface area contributed by atoms with Gasteiger partial charge >= 0.3 is 0 Å². The van der Waals surface area contributed by atoms with Gasteiger partial charge in [-0.2, -0.15) is 0 Å². The molecule has 1 aromatic rings. The van der Waals surface area contributed by atoms with Crippen molar-refractivity contribution < 1.29 is 9.47 Å². The van der Waals surface area contributed by atoms with Crippen molar-refractivity contribution in [3.8, 4) is 0 Å². The highest BCUT2D eigenvalue weighted by Crippen LogP contribution is 2.14. The fraction of sp³-hybridized carbons (Fsp3) is 0.650. The van der Waals surface area contributed by atoms with Crippen molar-refractivity contribution in [1.29, 1.82) is 0 Å². The number of ether oxygens (including phenoxy) is 2. The topological polar surface area (TPSA) is 46.1 Å². The van der Waals surface area contributed by atoms with Crippen LogP contribution >= 0.6 is 24.0 Å². The molecule has 5 nitrogen and oxygen atoms in total. The standard InChI is InChI=1S/C20H33N3O2.HI/c1-17-5-7-18(8-6-17)9-12-22-20(21-2)23-13-10-19(11-14-23)25-16-4-15-24-3;/h5-8,19H,4,9-16H2,1-3H3,(H,21,22);1H. The quantitative estimate of drug-likeness (QED) is 0.272. The molecule has 1 aliphatic heterocycles. The van der Waals surface area contributed by atoms with E-state index in [2.05, 4.69) is 46.4 Å². The molecule has 0 atom stereocenters.